The van der Waals surface area contributed by atoms with Gasteiger partial charge in [0, 0.05) is 0 Å². The maximum Gasteiger partial charge on any atom is 0.622 e. The first-order valence-electron chi connectivity index (χ1n) is 4.14. The number of hydrogen-bond acceptors (Lipinski definition) is 3. The Labute approximate surface area is 80.5 Å². The van der Waals surface area contributed by atoms with Crippen molar-refractivity contribution in [1.82, 2.24) is 0 Å². The third kappa shape index (κ3) is 2.96. The molecule has 0 unspecified atom stereocenters. The van der Waals surface area contributed by atoms with Crippen molar-refractivity contribution in [3.63, 3.8) is 0 Å². The average Bonchev–Trinajstić information content (AvgIpc) is 2.07. The molecule has 5 heteroatoms. The van der Waals surface area contributed by atoms with Gasteiger partial charge in [-0.25, -0.2) is 0 Å². The van der Waals surface area contributed by atoms with E-state index in [9.17, 15) is 0 Å². The Bertz CT molecular complexity index is 291. The van der Waals surface area contributed by atoms with Crippen LogP contribution in [0.3, 0.4) is 0 Å². The molecule has 0 fully saturated rings. The van der Waals surface area contributed by atoms with Crippen LogP contribution in [0.2, 0.25) is 0 Å². The molecular formula is C8H13BO3Si. The van der Waals surface area contributed by atoms with Gasteiger partial charge in [-0.2, -0.15) is 0 Å². The van der Waals surface area contributed by atoms with Crippen LogP contribution in [0.15, 0.2) is 18.2 Å². The van der Waals surface area contributed by atoms with Gasteiger partial charge in [-0.15, -0.1) is 0 Å². The van der Waals surface area contributed by atoms with Crippen molar-refractivity contribution in [2.75, 3.05) is 0 Å². The fourth-order valence-corrected chi connectivity index (χ4v) is 2.19. The van der Waals surface area contributed by atoms with Crippen LogP contribution in [0.4, 0.5) is 0 Å². The van der Waals surface area contributed by atoms with Crippen molar-refractivity contribution >= 4 is 22.3 Å². The Hall–Kier alpha value is -0.618. The SMILES string of the molecule is Cc1cccc([SiH2]OB(O)O)c1C. The van der Waals surface area contributed by atoms with E-state index in [1.54, 1.807) is 0 Å². The van der Waals surface area contributed by atoms with Crippen molar-refractivity contribution in [3.05, 3.63) is 29.3 Å². The van der Waals surface area contributed by atoms with Gasteiger partial charge in [0.2, 0.25) is 0 Å². The topological polar surface area (TPSA) is 49.7 Å². The molecule has 2 N–H and O–H groups in total. The van der Waals surface area contributed by atoms with Gasteiger partial charge < -0.3 is 14.4 Å². The van der Waals surface area contributed by atoms with E-state index in [4.69, 9.17) is 14.4 Å². The third-order valence-corrected chi connectivity index (χ3v) is 3.65. The Balaban J connectivity index is 2.71. The fraction of sp³-hybridized carbons (Fsp3) is 0.250. The van der Waals surface area contributed by atoms with Gasteiger partial charge in [-0.3, -0.25) is 0 Å². The molecule has 0 heterocycles. The van der Waals surface area contributed by atoms with Crippen molar-refractivity contribution in [2.45, 2.75) is 13.8 Å². The minimum absolute atomic E-state index is 1.01. The van der Waals surface area contributed by atoms with Crippen molar-refractivity contribution in [2.24, 2.45) is 0 Å². The summed E-state index contributed by atoms with van der Waals surface area (Å²) in [5, 5.41) is 18.2. The Kier molecular flexibility index (Phi) is 3.68. The summed E-state index contributed by atoms with van der Waals surface area (Å²) >= 11 is 0. The van der Waals surface area contributed by atoms with E-state index >= 15 is 0 Å². The molecule has 1 aromatic rings. The minimum Gasteiger partial charge on any atom is -0.429 e. The van der Waals surface area contributed by atoms with Gasteiger partial charge in [0.15, 0.2) is 9.76 Å². The molecule has 0 saturated carbocycles. The second kappa shape index (κ2) is 4.57. The van der Waals surface area contributed by atoms with E-state index < -0.39 is 17.1 Å². The quantitative estimate of drug-likeness (QED) is 0.609. The molecule has 3 nitrogen and oxygen atoms in total. The van der Waals surface area contributed by atoms with Gasteiger partial charge in [-0.05, 0) is 30.2 Å². The van der Waals surface area contributed by atoms with Crippen LogP contribution in [0, 0.1) is 13.8 Å². The number of hydrogen-bond donors (Lipinski definition) is 2. The van der Waals surface area contributed by atoms with E-state index in [0.717, 1.165) is 5.19 Å². The van der Waals surface area contributed by atoms with Crippen LogP contribution in [-0.4, -0.2) is 27.1 Å². The second-order valence-corrected chi connectivity index (χ2v) is 4.38. The van der Waals surface area contributed by atoms with Gasteiger partial charge in [-0.1, -0.05) is 18.2 Å². The summed E-state index contributed by atoms with van der Waals surface area (Å²) in [7, 11) is -2.64. The molecule has 1 aromatic carbocycles. The molecule has 0 aliphatic heterocycles. The molecule has 0 aromatic heterocycles. The molecule has 0 bridgehead atoms. The first-order chi connectivity index (χ1) is 6.11. The van der Waals surface area contributed by atoms with E-state index in [-0.39, 0.29) is 0 Å². The zero-order valence-electron chi connectivity index (χ0n) is 7.82. The molecule has 0 spiro atoms. The number of rotatable bonds is 3. The first kappa shape index (κ1) is 10.5. The van der Waals surface area contributed by atoms with E-state index in [2.05, 4.69) is 0 Å². The zero-order chi connectivity index (χ0) is 9.84. The summed E-state index contributed by atoms with van der Waals surface area (Å²) < 4.78 is 4.81. The molecule has 0 amide bonds. The highest BCUT2D eigenvalue weighted by Crippen LogP contribution is 2.01. The minimum atomic E-state index is -1.63. The van der Waals surface area contributed by atoms with Crippen molar-refractivity contribution < 1.29 is 14.4 Å². The lowest BCUT2D eigenvalue weighted by Crippen LogP contribution is -2.29. The predicted molar refractivity (Wildman–Crippen MR) is 55.4 cm³/mol. The zero-order valence-corrected chi connectivity index (χ0v) is 9.23. The summed E-state index contributed by atoms with van der Waals surface area (Å²) in [6, 6.07) is 5.96. The van der Waals surface area contributed by atoms with Crippen LogP contribution in [0.1, 0.15) is 11.1 Å². The predicted octanol–water partition coefficient (Wildman–Crippen LogP) is -1.00. The van der Waals surface area contributed by atoms with Crippen LogP contribution < -0.4 is 5.19 Å². The maximum absolute atomic E-state index is 8.54. The van der Waals surface area contributed by atoms with E-state index in [1.807, 2.05) is 32.0 Å². The van der Waals surface area contributed by atoms with E-state index in [0.29, 0.717) is 0 Å². The smallest absolute Gasteiger partial charge is 0.429 e. The fourth-order valence-electron chi connectivity index (χ4n) is 1.13. The van der Waals surface area contributed by atoms with Crippen LogP contribution in [0.25, 0.3) is 0 Å². The molecule has 0 aliphatic rings. The third-order valence-electron chi connectivity index (χ3n) is 2.10. The number of benzene rings is 1. The highest BCUT2D eigenvalue weighted by molar-refractivity contribution is 6.56. The Morgan fingerprint density at radius 2 is 2.00 bits per heavy atom. The summed E-state index contributed by atoms with van der Waals surface area (Å²) in [5.41, 5.74) is 2.40. The molecule has 70 valence electrons. The van der Waals surface area contributed by atoms with Crippen molar-refractivity contribution in [1.29, 1.82) is 0 Å². The molecule has 0 saturated heterocycles. The highest BCUT2D eigenvalue weighted by atomic mass is 28.2. The first-order valence-corrected chi connectivity index (χ1v) is 5.42. The van der Waals surface area contributed by atoms with Gasteiger partial charge in [0.05, 0.1) is 0 Å². The standard InChI is InChI=1S/C8H13BO3Si/c1-6-4-3-5-8(7(6)2)13-12-9(10)11/h3-5,10-11H,13H2,1-2H3. The van der Waals surface area contributed by atoms with Crippen LogP contribution in [0.5, 0.6) is 0 Å². The normalized spacial score (nSPS) is 11.1. The Morgan fingerprint density at radius 1 is 1.31 bits per heavy atom. The molecule has 0 atom stereocenters. The Morgan fingerprint density at radius 3 is 2.62 bits per heavy atom. The maximum atomic E-state index is 8.54. The molecule has 0 aliphatic carbocycles. The monoisotopic (exact) mass is 196 g/mol. The van der Waals surface area contributed by atoms with Crippen LogP contribution in [-0.2, 0) is 4.34 Å². The van der Waals surface area contributed by atoms with Crippen LogP contribution >= 0.6 is 0 Å². The lowest BCUT2D eigenvalue weighted by Gasteiger charge is -2.07. The van der Waals surface area contributed by atoms with Gasteiger partial charge in [0.1, 0.15) is 0 Å². The molecular weight excluding hydrogens is 183 g/mol. The molecule has 0 radical (unpaired) electrons. The largest absolute Gasteiger partial charge is 0.622 e. The summed E-state index contributed by atoms with van der Waals surface area (Å²) in [4.78, 5) is 0. The van der Waals surface area contributed by atoms with Crippen molar-refractivity contribution in [3.8, 4) is 0 Å². The van der Waals surface area contributed by atoms with Gasteiger partial charge >= 0.3 is 7.32 Å². The average molecular weight is 196 g/mol. The summed E-state index contributed by atoms with van der Waals surface area (Å²) in [5.74, 6) is 0. The molecule has 1 rings (SSSR count). The lowest BCUT2D eigenvalue weighted by molar-refractivity contribution is 0.297. The highest BCUT2D eigenvalue weighted by Gasteiger charge is 2.09. The molecule has 13 heavy (non-hydrogen) atoms. The summed E-state index contributed by atoms with van der Waals surface area (Å²) in [6.07, 6.45) is 0. The van der Waals surface area contributed by atoms with E-state index in [1.165, 1.54) is 11.1 Å². The second-order valence-electron chi connectivity index (χ2n) is 3.00. The number of aryl methyl sites for hydroxylation is 1. The van der Waals surface area contributed by atoms with Gasteiger partial charge in [0.25, 0.3) is 0 Å². The lowest BCUT2D eigenvalue weighted by atomic mass is 10.1. The summed E-state index contributed by atoms with van der Waals surface area (Å²) in [6.45, 7) is 4.05.